The van der Waals surface area contributed by atoms with E-state index in [2.05, 4.69) is 36.3 Å². The van der Waals surface area contributed by atoms with Crippen LogP contribution in [0.2, 0.25) is 0 Å². The van der Waals surface area contributed by atoms with Gasteiger partial charge < -0.3 is 4.74 Å². The third-order valence-electron chi connectivity index (χ3n) is 2.87. The first-order valence-corrected chi connectivity index (χ1v) is 7.52. The van der Waals surface area contributed by atoms with Crippen LogP contribution in [-0.4, -0.2) is 25.8 Å². The Labute approximate surface area is 140 Å². The molecule has 1 amide bonds. The van der Waals surface area contributed by atoms with Crippen molar-refractivity contribution in [2.45, 2.75) is 6.61 Å². The number of pyridine rings is 1. The van der Waals surface area contributed by atoms with Crippen molar-refractivity contribution < 1.29 is 9.53 Å². The van der Waals surface area contributed by atoms with Crippen molar-refractivity contribution in [1.82, 2.24) is 19.7 Å². The van der Waals surface area contributed by atoms with Crippen molar-refractivity contribution in [3.8, 4) is 5.82 Å². The van der Waals surface area contributed by atoms with E-state index in [-0.39, 0.29) is 12.6 Å². The number of aromatic nitrogens is 4. The Kier molecular flexibility index (Phi) is 4.62. The maximum atomic E-state index is 11.8. The number of nitrogens with zero attached hydrogens (tertiary/aromatic N) is 4. The van der Waals surface area contributed by atoms with Gasteiger partial charge in [-0.05, 0) is 33.6 Å². The quantitative estimate of drug-likeness (QED) is 0.759. The normalized spacial score (nSPS) is 10.3. The van der Waals surface area contributed by atoms with E-state index in [0.717, 1.165) is 10.0 Å². The fourth-order valence-electron chi connectivity index (χ4n) is 1.82. The van der Waals surface area contributed by atoms with Crippen molar-refractivity contribution in [3.63, 3.8) is 0 Å². The van der Waals surface area contributed by atoms with Crippen molar-refractivity contribution in [2.24, 2.45) is 0 Å². The van der Waals surface area contributed by atoms with E-state index in [1.807, 2.05) is 36.4 Å². The molecule has 1 aromatic carbocycles. The minimum atomic E-state index is -0.619. The van der Waals surface area contributed by atoms with Crippen molar-refractivity contribution in [2.75, 3.05) is 5.32 Å². The molecule has 0 aliphatic heterocycles. The van der Waals surface area contributed by atoms with E-state index in [1.165, 1.54) is 11.0 Å². The maximum absolute atomic E-state index is 11.8. The van der Waals surface area contributed by atoms with Gasteiger partial charge >= 0.3 is 6.09 Å². The Bertz CT molecular complexity index is 806. The molecule has 0 atom stereocenters. The summed E-state index contributed by atoms with van der Waals surface area (Å²) in [4.78, 5) is 19.9. The van der Waals surface area contributed by atoms with Crippen LogP contribution < -0.4 is 5.32 Å². The summed E-state index contributed by atoms with van der Waals surface area (Å²) in [7, 11) is 0. The Hall–Kier alpha value is -2.74. The first-order valence-electron chi connectivity index (χ1n) is 6.72. The van der Waals surface area contributed by atoms with Crippen molar-refractivity contribution in [3.05, 3.63) is 65.0 Å². The highest BCUT2D eigenvalue weighted by Crippen LogP contribution is 2.17. The lowest BCUT2D eigenvalue weighted by Gasteiger charge is -2.04. The van der Waals surface area contributed by atoms with Crippen LogP contribution in [0.1, 0.15) is 5.56 Å². The Balaban J connectivity index is 1.61. The molecule has 0 unspecified atom stereocenters. The lowest BCUT2D eigenvalue weighted by molar-refractivity contribution is 0.155. The van der Waals surface area contributed by atoms with Gasteiger partial charge in [-0.2, -0.15) is 9.67 Å². The third kappa shape index (κ3) is 3.92. The first-order chi connectivity index (χ1) is 11.2. The van der Waals surface area contributed by atoms with Crippen LogP contribution in [-0.2, 0) is 11.3 Å². The molecule has 3 rings (SSSR count). The molecule has 7 nitrogen and oxygen atoms in total. The molecular formula is C15H12BrN5O2. The standard InChI is InChI=1S/C15H12BrN5O2/c16-12-7-4-8-17-13(12)21-10-18-14(20-21)19-15(22)23-9-11-5-2-1-3-6-11/h1-8,10H,9H2,(H,19,20,22). The van der Waals surface area contributed by atoms with Crippen LogP contribution >= 0.6 is 15.9 Å². The van der Waals surface area contributed by atoms with E-state index >= 15 is 0 Å². The second kappa shape index (κ2) is 7.01. The predicted molar refractivity (Wildman–Crippen MR) is 87.1 cm³/mol. The summed E-state index contributed by atoms with van der Waals surface area (Å²) < 4.78 is 7.33. The van der Waals surface area contributed by atoms with Gasteiger partial charge in [-0.25, -0.2) is 9.78 Å². The average molecular weight is 374 g/mol. The first kappa shape index (κ1) is 15.2. The summed E-state index contributed by atoms with van der Waals surface area (Å²) in [6.45, 7) is 0.180. The van der Waals surface area contributed by atoms with Crippen LogP contribution in [0.15, 0.2) is 59.5 Å². The zero-order valence-corrected chi connectivity index (χ0v) is 13.5. The van der Waals surface area contributed by atoms with Gasteiger partial charge in [0.2, 0.25) is 0 Å². The van der Waals surface area contributed by atoms with Gasteiger partial charge in [-0.15, -0.1) is 5.10 Å². The molecule has 8 heteroatoms. The van der Waals surface area contributed by atoms with Gasteiger partial charge in [0.15, 0.2) is 5.82 Å². The summed E-state index contributed by atoms with van der Waals surface area (Å²) in [6.07, 6.45) is 2.48. The zero-order chi connectivity index (χ0) is 16.1. The highest BCUT2D eigenvalue weighted by Gasteiger charge is 2.10. The molecule has 0 saturated heterocycles. The molecule has 1 N–H and O–H groups in total. The number of hydrogen-bond acceptors (Lipinski definition) is 5. The molecule has 2 heterocycles. The fourth-order valence-corrected chi connectivity index (χ4v) is 2.26. The summed E-state index contributed by atoms with van der Waals surface area (Å²) in [6, 6.07) is 13.0. The molecule has 23 heavy (non-hydrogen) atoms. The number of hydrogen-bond donors (Lipinski definition) is 1. The van der Waals surface area contributed by atoms with Crippen LogP contribution in [0.3, 0.4) is 0 Å². The molecule has 3 aromatic rings. The third-order valence-corrected chi connectivity index (χ3v) is 3.49. The Morgan fingerprint density at radius 1 is 1.17 bits per heavy atom. The van der Waals surface area contributed by atoms with E-state index in [9.17, 15) is 4.79 Å². The number of halogens is 1. The monoisotopic (exact) mass is 373 g/mol. The summed E-state index contributed by atoms with van der Waals surface area (Å²) in [5.74, 6) is 0.714. The van der Waals surface area contributed by atoms with Gasteiger partial charge in [0, 0.05) is 6.20 Å². The molecule has 0 bridgehead atoms. The van der Waals surface area contributed by atoms with Gasteiger partial charge in [-0.1, -0.05) is 30.3 Å². The molecular weight excluding hydrogens is 362 g/mol. The van der Waals surface area contributed by atoms with Crippen LogP contribution in [0.4, 0.5) is 10.7 Å². The number of anilines is 1. The number of carbonyl (C=O) groups is 1. The number of amides is 1. The molecule has 2 aromatic heterocycles. The van der Waals surface area contributed by atoms with E-state index < -0.39 is 6.09 Å². The second-order valence-corrected chi connectivity index (χ2v) is 5.36. The number of benzene rings is 1. The molecule has 0 aliphatic rings. The Morgan fingerprint density at radius 3 is 2.78 bits per heavy atom. The molecule has 0 spiro atoms. The van der Waals surface area contributed by atoms with E-state index in [1.54, 1.807) is 12.3 Å². The topological polar surface area (TPSA) is 81.9 Å². The smallest absolute Gasteiger partial charge is 0.414 e. The van der Waals surface area contributed by atoms with Gasteiger partial charge in [0.1, 0.15) is 12.9 Å². The summed E-state index contributed by atoms with van der Waals surface area (Å²) in [5.41, 5.74) is 0.901. The molecule has 0 saturated carbocycles. The van der Waals surface area contributed by atoms with Gasteiger partial charge in [0.05, 0.1) is 4.47 Å². The summed E-state index contributed by atoms with van der Waals surface area (Å²) >= 11 is 3.38. The minimum Gasteiger partial charge on any atom is -0.444 e. The van der Waals surface area contributed by atoms with Crippen LogP contribution in [0, 0.1) is 0 Å². The molecule has 0 fully saturated rings. The minimum absolute atomic E-state index is 0.139. The zero-order valence-electron chi connectivity index (χ0n) is 11.9. The molecule has 0 aliphatic carbocycles. The van der Waals surface area contributed by atoms with Crippen molar-refractivity contribution in [1.29, 1.82) is 0 Å². The SMILES string of the molecule is O=C(Nc1ncn(-c2ncccc2Br)n1)OCc1ccccc1. The van der Waals surface area contributed by atoms with E-state index in [0.29, 0.717) is 5.82 Å². The number of rotatable bonds is 4. The predicted octanol–water partition coefficient (Wildman–Crippen LogP) is 3.17. The van der Waals surface area contributed by atoms with Crippen LogP contribution in [0.5, 0.6) is 0 Å². The van der Waals surface area contributed by atoms with Gasteiger partial charge in [-0.3, -0.25) is 5.32 Å². The highest BCUT2D eigenvalue weighted by molar-refractivity contribution is 9.10. The summed E-state index contributed by atoms with van der Waals surface area (Å²) in [5, 5.41) is 6.61. The number of nitrogens with one attached hydrogen (secondary N) is 1. The molecule has 116 valence electrons. The lowest BCUT2D eigenvalue weighted by atomic mass is 10.2. The van der Waals surface area contributed by atoms with Gasteiger partial charge in [0.25, 0.3) is 5.95 Å². The Morgan fingerprint density at radius 2 is 2.00 bits per heavy atom. The molecule has 0 radical (unpaired) electrons. The van der Waals surface area contributed by atoms with E-state index in [4.69, 9.17) is 4.74 Å². The van der Waals surface area contributed by atoms with Crippen LogP contribution in [0.25, 0.3) is 5.82 Å². The lowest BCUT2D eigenvalue weighted by Crippen LogP contribution is -2.14. The second-order valence-electron chi connectivity index (χ2n) is 4.51. The average Bonchev–Trinajstić information content (AvgIpc) is 3.02. The highest BCUT2D eigenvalue weighted by atomic mass is 79.9. The largest absolute Gasteiger partial charge is 0.444 e. The number of ether oxygens (including phenoxy) is 1. The van der Waals surface area contributed by atoms with Crippen molar-refractivity contribution >= 4 is 28.0 Å². The number of carbonyl (C=O) groups excluding carboxylic acids is 1. The fraction of sp³-hybridized carbons (Fsp3) is 0.0667. The maximum Gasteiger partial charge on any atom is 0.414 e.